The molecule has 0 amide bonds. The highest BCUT2D eigenvalue weighted by molar-refractivity contribution is 7.16. The van der Waals surface area contributed by atoms with E-state index in [-0.39, 0.29) is 11.9 Å². The fourth-order valence-corrected chi connectivity index (χ4v) is 3.99. The first-order valence-electron chi connectivity index (χ1n) is 6.44. The van der Waals surface area contributed by atoms with E-state index in [2.05, 4.69) is 11.4 Å². The van der Waals surface area contributed by atoms with Gasteiger partial charge in [-0.3, -0.25) is 0 Å². The van der Waals surface area contributed by atoms with Crippen LogP contribution in [0.2, 0.25) is 4.34 Å². The van der Waals surface area contributed by atoms with Crippen molar-refractivity contribution in [3.63, 3.8) is 0 Å². The molecule has 100 valence electrons. The molecule has 0 fully saturated rings. The molecule has 1 aliphatic rings. The second kappa shape index (κ2) is 5.14. The quantitative estimate of drug-likeness (QED) is 0.788. The van der Waals surface area contributed by atoms with Crippen LogP contribution in [0.5, 0.6) is 0 Å². The zero-order chi connectivity index (χ0) is 13.4. The van der Waals surface area contributed by atoms with E-state index < -0.39 is 0 Å². The number of thiophene rings is 1. The molecule has 4 heteroatoms. The van der Waals surface area contributed by atoms with Gasteiger partial charge in [0.1, 0.15) is 5.82 Å². The van der Waals surface area contributed by atoms with Crippen LogP contribution < -0.4 is 5.32 Å². The van der Waals surface area contributed by atoms with Crippen molar-refractivity contribution in [2.24, 2.45) is 0 Å². The number of nitrogens with one attached hydrogen (secondary N) is 1. The highest BCUT2D eigenvalue weighted by Crippen LogP contribution is 2.39. The van der Waals surface area contributed by atoms with E-state index in [1.54, 1.807) is 24.3 Å². The van der Waals surface area contributed by atoms with Gasteiger partial charge in [-0.1, -0.05) is 11.6 Å². The Morgan fingerprint density at radius 3 is 3.00 bits per heavy atom. The van der Waals surface area contributed by atoms with Crippen LogP contribution in [0.25, 0.3) is 0 Å². The summed E-state index contributed by atoms with van der Waals surface area (Å²) in [6, 6.07) is 7.52. The fourth-order valence-electron chi connectivity index (χ4n) is 2.61. The van der Waals surface area contributed by atoms with Gasteiger partial charge in [0.2, 0.25) is 0 Å². The van der Waals surface area contributed by atoms with Gasteiger partial charge in [0.25, 0.3) is 0 Å². The predicted molar refractivity (Wildman–Crippen MR) is 79.8 cm³/mol. The molecule has 1 nitrogen and oxygen atoms in total. The number of hydrogen-bond acceptors (Lipinski definition) is 2. The summed E-state index contributed by atoms with van der Waals surface area (Å²) in [5, 5.41) is 3.50. The molecular weight excluding hydrogens is 281 g/mol. The Morgan fingerprint density at radius 1 is 1.37 bits per heavy atom. The van der Waals surface area contributed by atoms with Crippen LogP contribution in [0.1, 0.15) is 34.9 Å². The van der Waals surface area contributed by atoms with Crippen LogP contribution in [0, 0.1) is 12.7 Å². The Hall–Kier alpha value is -1.06. The Bertz CT molecular complexity index is 608. The molecule has 19 heavy (non-hydrogen) atoms. The van der Waals surface area contributed by atoms with Gasteiger partial charge in [0.05, 0.1) is 10.4 Å². The smallest absolute Gasteiger partial charge is 0.126 e. The van der Waals surface area contributed by atoms with Gasteiger partial charge < -0.3 is 5.32 Å². The van der Waals surface area contributed by atoms with Crippen molar-refractivity contribution in [1.29, 1.82) is 0 Å². The van der Waals surface area contributed by atoms with Crippen LogP contribution in [0.15, 0.2) is 24.3 Å². The monoisotopic (exact) mass is 295 g/mol. The van der Waals surface area contributed by atoms with E-state index in [0.717, 1.165) is 22.9 Å². The third-order valence-electron chi connectivity index (χ3n) is 3.58. The molecule has 1 aliphatic carbocycles. The van der Waals surface area contributed by atoms with Gasteiger partial charge >= 0.3 is 0 Å². The second-order valence-corrected chi connectivity index (χ2v) is 6.75. The summed E-state index contributed by atoms with van der Waals surface area (Å²) in [6.45, 7) is 1.79. The van der Waals surface area contributed by atoms with E-state index >= 15 is 0 Å². The molecule has 0 aliphatic heterocycles. The highest BCUT2D eigenvalue weighted by atomic mass is 35.5. The molecule has 0 radical (unpaired) electrons. The molecule has 3 rings (SSSR count). The van der Waals surface area contributed by atoms with E-state index in [0.29, 0.717) is 5.56 Å². The Kier molecular flexibility index (Phi) is 3.50. The third kappa shape index (κ3) is 2.63. The summed E-state index contributed by atoms with van der Waals surface area (Å²) < 4.78 is 14.1. The van der Waals surface area contributed by atoms with E-state index in [9.17, 15) is 4.39 Å². The van der Waals surface area contributed by atoms with Gasteiger partial charge in [-0.2, -0.15) is 0 Å². The normalized spacial score (nSPS) is 18.2. The lowest BCUT2D eigenvalue weighted by Gasteiger charge is -2.24. The van der Waals surface area contributed by atoms with Gasteiger partial charge in [-0.05, 0) is 61.6 Å². The number of anilines is 1. The van der Waals surface area contributed by atoms with Crippen molar-refractivity contribution in [3.8, 4) is 0 Å². The van der Waals surface area contributed by atoms with Crippen LogP contribution in [-0.2, 0) is 6.42 Å². The van der Waals surface area contributed by atoms with Crippen LogP contribution in [0.3, 0.4) is 0 Å². The van der Waals surface area contributed by atoms with E-state index in [1.165, 1.54) is 22.9 Å². The summed E-state index contributed by atoms with van der Waals surface area (Å²) in [4.78, 5) is 1.38. The number of benzene rings is 1. The van der Waals surface area contributed by atoms with Crippen molar-refractivity contribution in [2.75, 3.05) is 5.32 Å². The molecule has 2 aromatic rings. The maximum atomic E-state index is 13.3. The number of hydrogen-bond donors (Lipinski definition) is 1. The van der Waals surface area contributed by atoms with E-state index in [4.69, 9.17) is 11.6 Å². The lowest BCUT2D eigenvalue weighted by Crippen LogP contribution is -2.15. The summed E-state index contributed by atoms with van der Waals surface area (Å²) in [7, 11) is 0. The number of rotatable bonds is 2. The summed E-state index contributed by atoms with van der Waals surface area (Å²) in [6.07, 6.45) is 3.38. The van der Waals surface area contributed by atoms with Crippen molar-refractivity contribution >= 4 is 28.6 Å². The highest BCUT2D eigenvalue weighted by Gasteiger charge is 2.22. The Morgan fingerprint density at radius 2 is 2.21 bits per heavy atom. The van der Waals surface area contributed by atoms with Crippen molar-refractivity contribution in [1.82, 2.24) is 0 Å². The topological polar surface area (TPSA) is 12.0 Å². The summed E-state index contributed by atoms with van der Waals surface area (Å²) in [5.41, 5.74) is 2.95. The van der Waals surface area contributed by atoms with Crippen molar-refractivity contribution in [3.05, 3.63) is 50.4 Å². The predicted octanol–water partition coefficient (Wildman–Crippen LogP) is 5.34. The number of halogens is 2. The fraction of sp³-hybridized carbons (Fsp3) is 0.333. The van der Waals surface area contributed by atoms with Crippen molar-refractivity contribution < 1.29 is 4.39 Å². The van der Waals surface area contributed by atoms with E-state index in [1.807, 2.05) is 6.07 Å². The first-order valence-corrected chi connectivity index (χ1v) is 7.64. The first kappa shape index (κ1) is 12.9. The minimum absolute atomic E-state index is 0.159. The summed E-state index contributed by atoms with van der Waals surface area (Å²) in [5.74, 6) is -0.159. The molecule has 0 spiro atoms. The summed E-state index contributed by atoms with van der Waals surface area (Å²) >= 11 is 7.78. The van der Waals surface area contributed by atoms with Gasteiger partial charge in [-0.25, -0.2) is 4.39 Å². The average Bonchev–Trinajstić information content (AvgIpc) is 2.75. The van der Waals surface area contributed by atoms with Gasteiger partial charge in [0, 0.05) is 10.6 Å². The minimum atomic E-state index is -0.159. The number of fused-ring (bicyclic) bond motifs is 1. The van der Waals surface area contributed by atoms with Crippen LogP contribution >= 0.6 is 22.9 Å². The first-order chi connectivity index (χ1) is 9.13. The SMILES string of the molecule is Cc1cc(NC2CCCc3sc(Cl)cc32)ccc1F. The maximum Gasteiger partial charge on any atom is 0.126 e. The van der Waals surface area contributed by atoms with Gasteiger partial charge in [0.15, 0.2) is 0 Å². The Balaban J connectivity index is 1.86. The largest absolute Gasteiger partial charge is 0.378 e. The van der Waals surface area contributed by atoms with Crippen LogP contribution in [-0.4, -0.2) is 0 Å². The van der Waals surface area contributed by atoms with Crippen LogP contribution in [0.4, 0.5) is 10.1 Å². The van der Waals surface area contributed by atoms with Gasteiger partial charge in [-0.15, -0.1) is 11.3 Å². The molecule has 1 N–H and O–H groups in total. The molecular formula is C15H15ClFNS. The lowest BCUT2D eigenvalue weighted by molar-refractivity contribution is 0.606. The molecule has 1 atom stereocenters. The Labute approximate surface area is 121 Å². The third-order valence-corrected chi connectivity index (χ3v) is 4.92. The zero-order valence-electron chi connectivity index (χ0n) is 10.7. The minimum Gasteiger partial charge on any atom is -0.378 e. The molecule has 1 unspecified atom stereocenters. The number of aryl methyl sites for hydroxylation is 2. The standard InChI is InChI=1S/C15H15ClFNS/c1-9-7-10(5-6-12(9)17)18-13-3-2-4-14-11(13)8-15(16)19-14/h5-8,13,18H,2-4H2,1H3. The molecule has 1 aromatic heterocycles. The molecule has 0 bridgehead atoms. The second-order valence-electron chi connectivity index (χ2n) is 4.98. The molecule has 0 saturated heterocycles. The molecule has 1 aromatic carbocycles. The average molecular weight is 296 g/mol. The molecule has 0 saturated carbocycles. The van der Waals surface area contributed by atoms with Crippen molar-refractivity contribution in [2.45, 2.75) is 32.2 Å². The zero-order valence-corrected chi connectivity index (χ0v) is 12.2. The maximum absolute atomic E-state index is 13.3. The molecule has 1 heterocycles. The lowest BCUT2D eigenvalue weighted by atomic mass is 9.94.